The molecule has 0 aromatic carbocycles. The van der Waals surface area contributed by atoms with Crippen LogP contribution < -0.4 is 5.73 Å². The number of aromatic nitrogens is 3. The molecule has 1 atom stereocenters. The minimum absolute atomic E-state index is 0. The number of halogens is 1. The number of hydrogen-bond donors (Lipinski definition) is 1. The third kappa shape index (κ3) is 4.26. The van der Waals surface area contributed by atoms with E-state index >= 15 is 0 Å². The summed E-state index contributed by atoms with van der Waals surface area (Å²) in [6.45, 7) is 1.74. The minimum atomic E-state index is -3.13. The molecule has 9 heteroatoms. The molecule has 2 aromatic heterocycles. The molecule has 0 aliphatic rings. The Kier molecular flexibility index (Phi) is 5.21. The summed E-state index contributed by atoms with van der Waals surface area (Å²) in [6.07, 6.45) is 2.67. The summed E-state index contributed by atoms with van der Waals surface area (Å²) >= 11 is 0. The summed E-state index contributed by atoms with van der Waals surface area (Å²) in [6, 6.07) is 2.96. The maximum absolute atomic E-state index is 11.2. The first-order chi connectivity index (χ1) is 8.85. The number of sulfone groups is 1. The highest BCUT2D eigenvalue weighted by atomic mass is 35.5. The fourth-order valence-electron chi connectivity index (χ4n) is 1.50. The molecule has 7 nitrogen and oxygen atoms in total. The van der Waals surface area contributed by atoms with Crippen LogP contribution in [0.2, 0.25) is 0 Å². The predicted molar refractivity (Wildman–Crippen MR) is 75.9 cm³/mol. The van der Waals surface area contributed by atoms with Gasteiger partial charge < -0.3 is 10.3 Å². The lowest BCUT2D eigenvalue weighted by Crippen LogP contribution is -2.05. The van der Waals surface area contributed by atoms with E-state index in [-0.39, 0.29) is 24.2 Å². The van der Waals surface area contributed by atoms with E-state index in [1.165, 1.54) is 6.20 Å². The van der Waals surface area contributed by atoms with E-state index in [2.05, 4.69) is 15.1 Å². The van der Waals surface area contributed by atoms with Gasteiger partial charge in [0.05, 0.1) is 17.5 Å². The Bertz CT molecular complexity index is 684. The molecule has 2 aromatic rings. The smallest absolute Gasteiger partial charge is 0.243 e. The van der Waals surface area contributed by atoms with Gasteiger partial charge in [0.15, 0.2) is 9.84 Å². The van der Waals surface area contributed by atoms with E-state index in [4.69, 9.17) is 10.3 Å². The van der Waals surface area contributed by atoms with Crippen molar-refractivity contribution in [1.29, 1.82) is 0 Å². The fourth-order valence-corrected chi connectivity index (χ4v) is 2.20. The van der Waals surface area contributed by atoms with Crippen LogP contribution >= 0.6 is 12.4 Å². The Labute approximate surface area is 122 Å². The van der Waals surface area contributed by atoms with Crippen molar-refractivity contribution in [3.8, 4) is 11.4 Å². The van der Waals surface area contributed by atoms with Gasteiger partial charge in [0.25, 0.3) is 0 Å². The molecule has 0 saturated heterocycles. The first kappa shape index (κ1) is 16.5. The molecular weight excluding hydrogens is 304 g/mol. The second kappa shape index (κ2) is 6.29. The zero-order chi connectivity index (χ0) is 14.0. The fraction of sp³-hybridized carbons (Fsp3) is 0.364. The van der Waals surface area contributed by atoms with Gasteiger partial charge >= 0.3 is 0 Å². The van der Waals surface area contributed by atoms with Crippen LogP contribution in [0.4, 0.5) is 0 Å². The van der Waals surface area contributed by atoms with Gasteiger partial charge in [-0.2, -0.15) is 4.98 Å². The standard InChI is InChI=1S/C11H14N4O3S.ClH/c1-7(12)11-14-10(15-18-11)8-3-4-13-9(5-8)6-19(2,16)17;/h3-5,7H,6,12H2,1-2H3;1H/t7-;/m1./s1. The van der Waals surface area contributed by atoms with E-state index in [1.54, 1.807) is 19.1 Å². The average Bonchev–Trinajstić information content (AvgIpc) is 2.76. The molecule has 0 radical (unpaired) electrons. The van der Waals surface area contributed by atoms with E-state index in [0.29, 0.717) is 23.0 Å². The van der Waals surface area contributed by atoms with Crippen molar-refractivity contribution >= 4 is 22.2 Å². The van der Waals surface area contributed by atoms with Crippen molar-refractivity contribution in [3.05, 3.63) is 29.9 Å². The highest BCUT2D eigenvalue weighted by molar-refractivity contribution is 7.89. The normalized spacial score (nSPS) is 12.8. The van der Waals surface area contributed by atoms with E-state index in [0.717, 1.165) is 6.26 Å². The molecule has 20 heavy (non-hydrogen) atoms. The zero-order valence-corrected chi connectivity index (χ0v) is 12.6. The van der Waals surface area contributed by atoms with Gasteiger partial charge in [-0.25, -0.2) is 8.42 Å². The summed E-state index contributed by atoms with van der Waals surface area (Å²) in [4.78, 5) is 8.14. The van der Waals surface area contributed by atoms with Gasteiger partial charge in [-0.15, -0.1) is 12.4 Å². The molecule has 110 valence electrons. The molecule has 0 unspecified atom stereocenters. The van der Waals surface area contributed by atoms with Crippen LogP contribution in [0.25, 0.3) is 11.4 Å². The molecule has 0 spiro atoms. The van der Waals surface area contributed by atoms with E-state index < -0.39 is 9.84 Å². The largest absolute Gasteiger partial charge is 0.337 e. The molecule has 0 aliphatic carbocycles. The van der Waals surface area contributed by atoms with Gasteiger partial charge in [-0.05, 0) is 19.1 Å². The second-order valence-corrected chi connectivity index (χ2v) is 6.49. The monoisotopic (exact) mass is 318 g/mol. The lowest BCUT2D eigenvalue weighted by Gasteiger charge is -2.00. The number of hydrogen-bond acceptors (Lipinski definition) is 7. The summed E-state index contributed by atoms with van der Waals surface area (Å²) in [5, 5.41) is 3.80. The van der Waals surface area contributed by atoms with Crippen LogP contribution in [0.15, 0.2) is 22.9 Å². The first-order valence-electron chi connectivity index (χ1n) is 5.57. The summed E-state index contributed by atoms with van der Waals surface area (Å²) < 4.78 is 27.5. The van der Waals surface area contributed by atoms with E-state index in [1.807, 2.05) is 0 Å². The Balaban J connectivity index is 0.00000200. The molecule has 2 N–H and O–H groups in total. The van der Waals surface area contributed by atoms with Crippen molar-refractivity contribution in [2.24, 2.45) is 5.73 Å². The second-order valence-electron chi connectivity index (χ2n) is 4.35. The van der Waals surface area contributed by atoms with Crippen LogP contribution in [0.1, 0.15) is 24.6 Å². The molecular formula is C11H15ClN4O3S. The van der Waals surface area contributed by atoms with Crippen LogP contribution in [-0.4, -0.2) is 29.8 Å². The third-order valence-corrected chi connectivity index (χ3v) is 3.14. The van der Waals surface area contributed by atoms with Gasteiger partial charge in [0, 0.05) is 18.0 Å². The van der Waals surface area contributed by atoms with E-state index in [9.17, 15) is 8.42 Å². The number of pyridine rings is 1. The molecule has 2 heterocycles. The first-order valence-corrected chi connectivity index (χ1v) is 7.63. The SMILES string of the molecule is C[C@@H](N)c1nc(-c2ccnc(CS(C)(=O)=O)c2)no1.Cl. The third-order valence-electron chi connectivity index (χ3n) is 2.32. The highest BCUT2D eigenvalue weighted by Crippen LogP contribution is 2.18. The lowest BCUT2D eigenvalue weighted by molar-refractivity contribution is 0.362. The van der Waals surface area contributed by atoms with Crippen LogP contribution in [0, 0.1) is 0 Å². The number of rotatable bonds is 4. The van der Waals surface area contributed by atoms with Crippen molar-refractivity contribution in [2.45, 2.75) is 18.7 Å². The number of nitrogens with zero attached hydrogens (tertiary/aromatic N) is 3. The molecule has 0 fully saturated rings. The predicted octanol–water partition coefficient (Wildman–Crippen LogP) is 1.12. The molecule has 0 saturated carbocycles. The number of nitrogens with two attached hydrogens (primary N) is 1. The van der Waals surface area contributed by atoms with Crippen molar-refractivity contribution in [1.82, 2.24) is 15.1 Å². The zero-order valence-electron chi connectivity index (χ0n) is 11.0. The molecule has 0 aliphatic heterocycles. The van der Waals surface area contributed by atoms with Gasteiger partial charge in [0.1, 0.15) is 0 Å². The Hall–Kier alpha value is -1.51. The van der Waals surface area contributed by atoms with Crippen LogP contribution in [0.3, 0.4) is 0 Å². The van der Waals surface area contributed by atoms with Crippen LogP contribution in [0.5, 0.6) is 0 Å². The average molecular weight is 319 g/mol. The van der Waals surface area contributed by atoms with Gasteiger partial charge in [0.2, 0.25) is 11.7 Å². The maximum Gasteiger partial charge on any atom is 0.243 e. The minimum Gasteiger partial charge on any atom is -0.337 e. The van der Waals surface area contributed by atoms with Crippen LogP contribution in [-0.2, 0) is 15.6 Å². The van der Waals surface area contributed by atoms with Gasteiger partial charge in [-0.3, -0.25) is 4.98 Å². The summed E-state index contributed by atoms with van der Waals surface area (Å²) in [7, 11) is -3.13. The van der Waals surface area contributed by atoms with Crippen molar-refractivity contribution < 1.29 is 12.9 Å². The Morgan fingerprint density at radius 1 is 1.45 bits per heavy atom. The molecule has 0 bridgehead atoms. The van der Waals surface area contributed by atoms with Crippen molar-refractivity contribution in [3.63, 3.8) is 0 Å². The lowest BCUT2D eigenvalue weighted by atomic mass is 10.2. The van der Waals surface area contributed by atoms with Gasteiger partial charge in [-0.1, -0.05) is 5.16 Å². The Morgan fingerprint density at radius 2 is 2.15 bits per heavy atom. The Morgan fingerprint density at radius 3 is 2.70 bits per heavy atom. The quantitative estimate of drug-likeness (QED) is 0.898. The highest BCUT2D eigenvalue weighted by Gasteiger charge is 2.13. The molecule has 0 amide bonds. The summed E-state index contributed by atoms with van der Waals surface area (Å²) in [5.41, 5.74) is 6.71. The van der Waals surface area contributed by atoms with Crippen molar-refractivity contribution in [2.75, 3.05) is 6.26 Å². The molecule has 2 rings (SSSR count). The summed E-state index contributed by atoms with van der Waals surface area (Å²) in [5.74, 6) is 0.569. The maximum atomic E-state index is 11.2. The topological polar surface area (TPSA) is 112 Å².